The lowest BCUT2D eigenvalue weighted by Gasteiger charge is -2.27. The zero-order valence-corrected chi connectivity index (χ0v) is 12.9. The van der Waals surface area contributed by atoms with Crippen LogP contribution in [-0.4, -0.2) is 44.2 Å². The van der Waals surface area contributed by atoms with E-state index in [1.165, 1.54) is 0 Å². The summed E-state index contributed by atoms with van der Waals surface area (Å²) in [7, 11) is 1.62. The van der Waals surface area contributed by atoms with Crippen molar-refractivity contribution < 1.29 is 14.3 Å². The number of carbonyl (C=O) groups excluding carboxylic acids is 1. The van der Waals surface area contributed by atoms with Gasteiger partial charge in [-0.05, 0) is 31.0 Å². The van der Waals surface area contributed by atoms with Crippen LogP contribution >= 0.6 is 11.6 Å². The lowest BCUT2D eigenvalue weighted by atomic mass is 10.0. The van der Waals surface area contributed by atoms with Crippen LogP contribution in [0.5, 0.6) is 5.75 Å². The molecule has 0 unspecified atom stereocenters. The van der Waals surface area contributed by atoms with Gasteiger partial charge in [-0.3, -0.25) is 4.79 Å². The smallest absolute Gasteiger partial charge is 0.227 e. The van der Waals surface area contributed by atoms with Crippen LogP contribution in [0, 0.1) is 13.8 Å². The molecule has 0 radical (unpaired) electrons. The van der Waals surface area contributed by atoms with Gasteiger partial charge in [-0.1, -0.05) is 11.6 Å². The van der Waals surface area contributed by atoms with E-state index in [4.69, 9.17) is 21.1 Å². The van der Waals surface area contributed by atoms with Crippen molar-refractivity contribution in [2.24, 2.45) is 0 Å². The molecule has 20 heavy (non-hydrogen) atoms. The summed E-state index contributed by atoms with van der Waals surface area (Å²) in [5.41, 5.74) is 2.76. The van der Waals surface area contributed by atoms with Gasteiger partial charge in [0, 0.05) is 23.7 Å². The topological polar surface area (TPSA) is 38.8 Å². The van der Waals surface area contributed by atoms with Crippen LogP contribution in [0.2, 0.25) is 5.02 Å². The highest BCUT2D eigenvalue weighted by molar-refractivity contribution is 6.32. The van der Waals surface area contributed by atoms with Gasteiger partial charge in [0.05, 0.1) is 26.7 Å². The third-order valence-corrected chi connectivity index (χ3v) is 4.27. The van der Waals surface area contributed by atoms with Gasteiger partial charge in [0.1, 0.15) is 5.75 Å². The zero-order chi connectivity index (χ0) is 14.7. The molecule has 0 bridgehead atoms. The molecule has 0 atom stereocenters. The van der Waals surface area contributed by atoms with Gasteiger partial charge in [-0.25, -0.2) is 0 Å². The van der Waals surface area contributed by atoms with Crippen LogP contribution in [0.3, 0.4) is 0 Å². The van der Waals surface area contributed by atoms with Crippen molar-refractivity contribution in [2.45, 2.75) is 20.3 Å². The number of aryl methyl sites for hydroxylation is 1. The molecule has 1 aliphatic heterocycles. The highest BCUT2D eigenvalue weighted by atomic mass is 35.5. The first-order valence-electron chi connectivity index (χ1n) is 6.72. The van der Waals surface area contributed by atoms with Gasteiger partial charge in [-0.15, -0.1) is 0 Å². The van der Waals surface area contributed by atoms with E-state index in [1.807, 2.05) is 24.8 Å². The Labute approximate surface area is 124 Å². The Morgan fingerprint density at radius 3 is 2.65 bits per heavy atom. The van der Waals surface area contributed by atoms with Gasteiger partial charge in [0.25, 0.3) is 0 Å². The summed E-state index contributed by atoms with van der Waals surface area (Å²) in [4.78, 5) is 14.2. The number of ether oxygens (including phenoxy) is 2. The number of hydrogen-bond donors (Lipinski definition) is 0. The van der Waals surface area contributed by atoms with Crippen molar-refractivity contribution in [3.63, 3.8) is 0 Å². The number of methoxy groups -OCH3 is 1. The number of nitrogens with zero attached hydrogens (tertiary/aromatic N) is 1. The third-order valence-electron chi connectivity index (χ3n) is 3.68. The molecule has 2 rings (SSSR count). The Hall–Kier alpha value is -1.26. The molecule has 4 nitrogen and oxygen atoms in total. The molecule has 1 aromatic carbocycles. The fourth-order valence-electron chi connectivity index (χ4n) is 2.44. The maximum absolute atomic E-state index is 12.4. The van der Waals surface area contributed by atoms with E-state index in [2.05, 4.69) is 0 Å². The monoisotopic (exact) mass is 297 g/mol. The standard InChI is InChI=1S/C15H20ClNO3/c1-10-8-13(19-3)12(11(2)15(10)16)9-14(18)17-4-6-20-7-5-17/h8H,4-7,9H2,1-3H3. The quantitative estimate of drug-likeness (QED) is 0.860. The summed E-state index contributed by atoms with van der Waals surface area (Å²) < 4.78 is 10.7. The fraction of sp³-hybridized carbons (Fsp3) is 0.533. The fourth-order valence-corrected chi connectivity index (χ4v) is 2.61. The lowest BCUT2D eigenvalue weighted by Crippen LogP contribution is -2.41. The number of hydrogen-bond acceptors (Lipinski definition) is 3. The first kappa shape index (κ1) is 15.1. The summed E-state index contributed by atoms with van der Waals surface area (Å²) in [6.07, 6.45) is 0.314. The van der Waals surface area contributed by atoms with Crippen LogP contribution in [-0.2, 0) is 16.0 Å². The minimum atomic E-state index is 0.0922. The van der Waals surface area contributed by atoms with Crippen LogP contribution in [0.1, 0.15) is 16.7 Å². The van der Waals surface area contributed by atoms with Crippen molar-refractivity contribution in [3.8, 4) is 5.75 Å². The van der Waals surface area contributed by atoms with E-state index < -0.39 is 0 Å². The van der Waals surface area contributed by atoms with E-state index in [1.54, 1.807) is 7.11 Å². The Kier molecular flexibility index (Phi) is 4.89. The molecule has 5 heteroatoms. The molecule has 1 fully saturated rings. The Morgan fingerprint density at radius 1 is 1.40 bits per heavy atom. The third kappa shape index (κ3) is 3.07. The Balaban J connectivity index is 2.23. The van der Waals surface area contributed by atoms with Crippen molar-refractivity contribution in [1.29, 1.82) is 0 Å². The van der Waals surface area contributed by atoms with E-state index in [9.17, 15) is 4.79 Å². The second-order valence-electron chi connectivity index (χ2n) is 4.98. The van der Waals surface area contributed by atoms with Crippen molar-refractivity contribution in [2.75, 3.05) is 33.4 Å². The molecule has 1 amide bonds. The second-order valence-corrected chi connectivity index (χ2v) is 5.36. The number of amides is 1. The molecule has 0 aromatic heterocycles. The summed E-state index contributed by atoms with van der Waals surface area (Å²) in [6, 6.07) is 1.89. The van der Waals surface area contributed by atoms with Crippen molar-refractivity contribution in [3.05, 3.63) is 27.8 Å². The number of benzene rings is 1. The Morgan fingerprint density at radius 2 is 2.05 bits per heavy atom. The van der Waals surface area contributed by atoms with Gasteiger partial charge in [0.15, 0.2) is 0 Å². The number of carbonyl (C=O) groups is 1. The van der Waals surface area contributed by atoms with E-state index >= 15 is 0 Å². The first-order chi connectivity index (χ1) is 9.54. The van der Waals surface area contributed by atoms with Crippen LogP contribution in [0.4, 0.5) is 0 Å². The Bertz CT molecular complexity index is 510. The van der Waals surface area contributed by atoms with Gasteiger partial charge in [0.2, 0.25) is 5.91 Å². The molecule has 0 aliphatic carbocycles. The molecule has 1 aliphatic rings. The molecule has 1 saturated heterocycles. The predicted octanol–water partition coefficient (Wildman–Crippen LogP) is 2.37. The van der Waals surface area contributed by atoms with Crippen LogP contribution in [0.25, 0.3) is 0 Å². The maximum Gasteiger partial charge on any atom is 0.227 e. The summed E-state index contributed by atoms with van der Waals surface area (Å²) in [5.74, 6) is 0.820. The summed E-state index contributed by atoms with van der Waals surface area (Å²) in [6.45, 7) is 6.39. The minimum absolute atomic E-state index is 0.0922. The van der Waals surface area contributed by atoms with Gasteiger partial charge in [-0.2, -0.15) is 0 Å². The van der Waals surface area contributed by atoms with Crippen LogP contribution in [0.15, 0.2) is 6.07 Å². The minimum Gasteiger partial charge on any atom is -0.496 e. The van der Waals surface area contributed by atoms with Crippen LogP contribution < -0.4 is 4.74 Å². The molecule has 0 saturated carbocycles. The normalized spacial score (nSPS) is 15.3. The van der Waals surface area contributed by atoms with E-state index in [0.29, 0.717) is 37.7 Å². The molecule has 0 N–H and O–H groups in total. The van der Waals surface area contributed by atoms with E-state index in [0.717, 1.165) is 22.4 Å². The second kappa shape index (κ2) is 6.46. The van der Waals surface area contributed by atoms with E-state index in [-0.39, 0.29) is 5.91 Å². The number of morpholine rings is 1. The summed E-state index contributed by atoms with van der Waals surface area (Å²) >= 11 is 6.28. The lowest BCUT2D eigenvalue weighted by molar-refractivity contribution is -0.134. The largest absolute Gasteiger partial charge is 0.496 e. The molecule has 1 aromatic rings. The first-order valence-corrected chi connectivity index (χ1v) is 7.10. The molecular formula is C15H20ClNO3. The molecule has 110 valence electrons. The van der Waals surface area contributed by atoms with Crippen molar-refractivity contribution in [1.82, 2.24) is 4.90 Å². The summed E-state index contributed by atoms with van der Waals surface area (Å²) in [5, 5.41) is 0.704. The average molecular weight is 298 g/mol. The molecule has 1 heterocycles. The maximum atomic E-state index is 12.4. The molecule has 0 spiro atoms. The van der Waals surface area contributed by atoms with Gasteiger partial charge < -0.3 is 14.4 Å². The zero-order valence-electron chi connectivity index (χ0n) is 12.2. The van der Waals surface area contributed by atoms with Gasteiger partial charge >= 0.3 is 0 Å². The molecular weight excluding hydrogens is 278 g/mol. The van der Waals surface area contributed by atoms with Crippen molar-refractivity contribution >= 4 is 17.5 Å². The highest BCUT2D eigenvalue weighted by Crippen LogP contribution is 2.32. The number of halogens is 1. The number of rotatable bonds is 3. The predicted molar refractivity (Wildman–Crippen MR) is 78.6 cm³/mol. The highest BCUT2D eigenvalue weighted by Gasteiger charge is 2.21. The average Bonchev–Trinajstić information content (AvgIpc) is 2.48. The SMILES string of the molecule is COc1cc(C)c(Cl)c(C)c1CC(=O)N1CCOCC1.